The molecule has 2 heterocycles. The van der Waals surface area contributed by atoms with Crippen molar-refractivity contribution in [3.63, 3.8) is 0 Å². The molecule has 6 heteroatoms. The fraction of sp³-hybridized carbons (Fsp3) is 0.227. The molecule has 1 aliphatic rings. The standard InChI is InChI=1S/C22H21N3O3/c1-2-13-22(17-11-7-4-8-12-17)20(26)25(21(27)23-22)15-18-14-19(28-24-18)16-9-5-3-6-10-16/h3-12,14H,2,13,15H2,1H3,(H,23,27). The Bertz CT molecular complexity index is 985. The lowest BCUT2D eigenvalue weighted by atomic mass is 9.85. The summed E-state index contributed by atoms with van der Waals surface area (Å²) in [5.41, 5.74) is 1.19. The number of nitrogens with zero attached hydrogens (tertiary/aromatic N) is 2. The van der Waals surface area contributed by atoms with Crippen LogP contribution in [0.5, 0.6) is 0 Å². The average molecular weight is 375 g/mol. The SMILES string of the molecule is CCCC1(c2ccccc2)NC(=O)N(Cc2cc(-c3ccccc3)on2)C1=O. The van der Waals surface area contributed by atoms with Crippen LogP contribution in [-0.4, -0.2) is 22.0 Å². The summed E-state index contributed by atoms with van der Waals surface area (Å²) in [6, 6.07) is 20.3. The van der Waals surface area contributed by atoms with Crippen LogP contribution >= 0.6 is 0 Å². The van der Waals surface area contributed by atoms with Crippen molar-refractivity contribution < 1.29 is 14.1 Å². The molecule has 6 nitrogen and oxygen atoms in total. The van der Waals surface area contributed by atoms with Crippen LogP contribution in [0, 0.1) is 0 Å². The predicted molar refractivity (Wildman–Crippen MR) is 104 cm³/mol. The summed E-state index contributed by atoms with van der Waals surface area (Å²) in [6.07, 6.45) is 1.29. The summed E-state index contributed by atoms with van der Waals surface area (Å²) in [5.74, 6) is 0.348. The van der Waals surface area contributed by atoms with Crippen LogP contribution in [0.3, 0.4) is 0 Å². The molecule has 0 radical (unpaired) electrons. The van der Waals surface area contributed by atoms with Crippen LogP contribution in [0.25, 0.3) is 11.3 Å². The van der Waals surface area contributed by atoms with Gasteiger partial charge in [0.25, 0.3) is 5.91 Å². The number of hydrogen-bond donors (Lipinski definition) is 1. The molecule has 4 rings (SSSR count). The Balaban J connectivity index is 1.60. The van der Waals surface area contributed by atoms with Gasteiger partial charge in [-0.25, -0.2) is 4.79 Å². The summed E-state index contributed by atoms with van der Waals surface area (Å²) in [7, 11) is 0. The molecule has 1 saturated heterocycles. The van der Waals surface area contributed by atoms with Crippen LogP contribution in [0.4, 0.5) is 4.79 Å². The van der Waals surface area contributed by atoms with Gasteiger partial charge in [0, 0.05) is 11.6 Å². The Morgan fingerprint density at radius 2 is 1.71 bits per heavy atom. The number of nitrogens with one attached hydrogen (secondary N) is 1. The van der Waals surface area contributed by atoms with Crippen LogP contribution in [0.2, 0.25) is 0 Å². The van der Waals surface area contributed by atoms with E-state index in [4.69, 9.17) is 4.52 Å². The molecule has 0 saturated carbocycles. The summed E-state index contributed by atoms with van der Waals surface area (Å²) in [5, 5.41) is 6.96. The van der Waals surface area contributed by atoms with E-state index in [1.807, 2.05) is 67.6 Å². The Labute approximate surface area is 163 Å². The van der Waals surface area contributed by atoms with Crippen LogP contribution in [0.15, 0.2) is 71.3 Å². The van der Waals surface area contributed by atoms with Gasteiger partial charge in [-0.05, 0) is 12.0 Å². The minimum Gasteiger partial charge on any atom is -0.356 e. The van der Waals surface area contributed by atoms with Crippen molar-refractivity contribution in [3.8, 4) is 11.3 Å². The second-order valence-corrected chi connectivity index (χ2v) is 6.89. The number of rotatable bonds is 6. The predicted octanol–water partition coefficient (Wildman–Crippen LogP) is 4.09. The minimum absolute atomic E-state index is 0.0687. The molecule has 1 fully saturated rings. The fourth-order valence-corrected chi connectivity index (χ4v) is 3.66. The van der Waals surface area contributed by atoms with Gasteiger partial charge in [0.1, 0.15) is 11.2 Å². The molecule has 1 N–H and O–H groups in total. The van der Waals surface area contributed by atoms with E-state index < -0.39 is 11.6 Å². The number of benzene rings is 2. The number of hydrogen-bond acceptors (Lipinski definition) is 4. The molecule has 2 aromatic carbocycles. The third kappa shape index (κ3) is 3.07. The molecule has 3 amide bonds. The van der Waals surface area contributed by atoms with Gasteiger partial charge in [0.05, 0.1) is 6.54 Å². The number of imide groups is 1. The van der Waals surface area contributed by atoms with Crippen molar-refractivity contribution in [2.75, 3.05) is 0 Å². The molecule has 1 aromatic heterocycles. The maximum Gasteiger partial charge on any atom is 0.325 e. The third-order valence-electron chi connectivity index (χ3n) is 5.00. The highest BCUT2D eigenvalue weighted by Gasteiger charge is 2.51. The van der Waals surface area contributed by atoms with Gasteiger partial charge in [-0.15, -0.1) is 0 Å². The fourth-order valence-electron chi connectivity index (χ4n) is 3.66. The second-order valence-electron chi connectivity index (χ2n) is 6.89. The molecule has 28 heavy (non-hydrogen) atoms. The topological polar surface area (TPSA) is 75.4 Å². The van der Waals surface area contributed by atoms with Crippen molar-refractivity contribution in [2.45, 2.75) is 31.8 Å². The van der Waals surface area contributed by atoms with E-state index >= 15 is 0 Å². The Morgan fingerprint density at radius 3 is 2.39 bits per heavy atom. The molecule has 1 unspecified atom stereocenters. The maximum atomic E-state index is 13.3. The van der Waals surface area contributed by atoms with Crippen molar-refractivity contribution >= 4 is 11.9 Å². The second kappa shape index (κ2) is 7.31. The van der Waals surface area contributed by atoms with Crippen molar-refractivity contribution in [1.82, 2.24) is 15.4 Å². The molecule has 0 spiro atoms. The van der Waals surface area contributed by atoms with E-state index in [-0.39, 0.29) is 12.5 Å². The van der Waals surface area contributed by atoms with E-state index in [0.717, 1.165) is 17.5 Å². The number of urea groups is 1. The lowest BCUT2D eigenvalue weighted by Crippen LogP contribution is -2.43. The highest BCUT2D eigenvalue weighted by molar-refractivity contribution is 6.07. The first-order valence-electron chi connectivity index (χ1n) is 9.34. The van der Waals surface area contributed by atoms with E-state index in [0.29, 0.717) is 17.9 Å². The van der Waals surface area contributed by atoms with Crippen LogP contribution in [0.1, 0.15) is 31.0 Å². The van der Waals surface area contributed by atoms with Crippen molar-refractivity contribution in [3.05, 3.63) is 78.0 Å². The number of carbonyl (C=O) groups excluding carboxylic acids is 2. The Morgan fingerprint density at radius 1 is 1.04 bits per heavy atom. The number of amides is 3. The lowest BCUT2D eigenvalue weighted by molar-refractivity contribution is -0.132. The van der Waals surface area contributed by atoms with Crippen molar-refractivity contribution in [2.24, 2.45) is 0 Å². The number of carbonyl (C=O) groups is 2. The average Bonchev–Trinajstić information content (AvgIpc) is 3.29. The third-order valence-corrected chi connectivity index (χ3v) is 5.00. The van der Waals surface area contributed by atoms with Gasteiger partial charge in [-0.1, -0.05) is 79.2 Å². The lowest BCUT2D eigenvalue weighted by Gasteiger charge is -2.26. The monoisotopic (exact) mass is 375 g/mol. The van der Waals surface area contributed by atoms with E-state index in [9.17, 15) is 9.59 Å². The zero-order valence-electron chi connectivity index (χ0n) is 15.6. The smallest absolute Gasteiger partial charge is 0.325 e. The maximum absolute atomic E-state index is 13.3. The molecular formula is C22H21N3O3. The molecule has 0 bridgehead atoms. The summed E-state index contributed by atoms with van der Waals surface area (Å²) in [6.45, 7) is 2.07. The van der Waals surface area contributed by atoms with Crippen LogP contribution < -0.4 is 5.32 Å². The van der Waals surface area contributed by atoms with Crippen LogP contribution in [-0.2, 0) is 16.9 Å². The number of aromatic nitrogens is 1. The van der Waals surface area contributed by atoms with E-state index in [1.54, 1.807) is 6.07 Å². The molecule has 1 atom stereocenters. The zero-order valence-corrected chi connectivity index (χ0v) is 15.6. The van der Waals surface area contributed by atoms with Gasteiger partial charge in [-0.3, -0.25) is 9.69 Å². The normalized spacial score (nSPS) is 19.1. The molecular weight excluding hydrogens is 354 g/mol. The first-order valence-corrected chi connectivity index (χ1v) is 9.34. The first kappa shape index (κ1) is 18.0. The highest BCUT2D eigenvalue weighted by Crippen LogP contribution is 2.34. The quantitative estimate of drug-likeness (QED) is 0.659. The highest BCUT2D eigenvalue weighted by atomic mass is 16.5. The summed E-state index contributed by atoms with van der Waals surface area (Å²) in [4.78, 5) is 27.2. The largest absolute Gasteiger partial charge is 0.356 e. The van der Waals surface area contributed by atoms with Gasteiger partial charge in [0.2, 0.25) is 0 Å². The van der Waals surface area contributed by atoms with Gasteiger partial charge >= 0.3 is 6.03 Å². The molecule has 142 valence electrons. The minimum atomic E-state index is -1.03. The summed E-state index contributed by atoms with van der Waals surface area (Å²) < 4.78 is 5.40. The molecule has 1 aliphatic heterocycles. The molecule has 0 aliphatic carbocycles. The molecule has 3 aromatic rings. The van der Waals surface area contributed by atoms with Crippen molar-refractivity contribution in [1.29, 1.82) is 0 Å². The first-order chi connectivity index (χ1) is 13.6. The Hall–Kier alpha value is -3.41. The summed E-state index contributed by atoms with van der Waals surface area (Å²) >= 11 is 0. The van der Waals surface area contributed by atoms with Gasteiger partial charge in [0.15, 0.2) is 5.76 Å². The van der Waals surface area contributed by atoms with E-state index in [2.05, 4.69) is 10.5 Å². The van der Waals surface area contributed by atoms with E-state index in [1.165, 1.54) is 4.90 Å². The zero-order chi connectivity index (χ0) is 19.6. The van der Waals surface area contributed by atoms with Gasteiger partial charge < -0.3 is 9.84 Å². The van der Waals surface area contributed by atoms with Gasteiger partial charge in [-0.2, -0.15) is 0 Å². The Kier molecular flexibility index (Phi) is 4.69.